The standard InChI is InChI=1S/C2N2O2/c5-3-1-2-4-6. The molecule has 0 aliphatic carbocycles. The summed E-state index contributed by atoms with van der Waals surface area (Å²) in [6.07, 6.45) is 0. The number of hydrogen-bond donors (Lipinski definition) is 0. The van der Waals surface area contributed by atoms with Crippen LogP contribution in [0.3, 0.4) is 0 Å². The molecule has 0 amide bonds. The van der Waals surface area contributed by atoms with Crippen LogP contribution in [0.5, 0.6) is 0 Å². The summed E-state index contributed by atoms with van der Waals surface area (Å²) in [6.45, 7) is 0. The van der Waals surface area contributed by atoms with E-state index in [2.05, 4.69) is 0 Å². The van der Waals surface area contributed by atoms with Gasteiger partial charge in [-0.05, 0) is 0 Å². The van der Waals surface area contributed by atoms with Gasteiger partial charge >= 0.3 is 0 Å². The lowest BCUT2D eigenvalue weighted by Crippen LogP contribution is -1.39. The van der Waals surface area contributed by atoms with Gasteiger partial charge in [0.1, 0.15) is 12.1 Å². The topological polar surface area (TPSA) is 58.9 Å². The molecular weight excluding hydrogens is 84.0 g/mol. The minimum Gasteiger partial charge on any atom is -0.135 e. The molecule has 30 valence electrons. The van der Waals surface area contributed by atoms with E-state index in [1.165, 1.54) is 12.1 Å². The normalized spacial score (nSPS) is 4.67. The molecule has 4 nitrogen and oxygen atoms in total. The van der Waals surface area contributed by atoms with Crippen molar-refractivity contribution in [1.29, 1.82) is 0 Å². The maximum absolute atomic E-state index is 8.94. The van der Waals surface area contributed by atoms with Crippen LogP contribution in [0, 0.1) is 21.9 Å². The number of hydrogen-bond acceptors (Lipinski definition) is 4. The Morgan fingerprint density at radius 1 is 1.00 bits per heavy atom. The van der Waals surface area contributed by atoms with Gasteiger partial charge in [-0.1, -0.05) is 0 Å². The highest BCUT2D eigenvalue weighted by Gasteiger charge is 1.53. The van der Waals surface area contributed by atoms with Gasteiger partial charge in [-0.25, -0.2) is 0 Å². The van der Waals surface area contributed by atoms with E-state index in [1.54, 1.807) is 0 Å². The highest BCUT2D eigenvalue weighted by atomic mass is 16.3. The lowest BCUT2D eigenvalue weighted by atomic mass is 11.1. The molecule has 0 bridgehead atoms. The molecule has 0 saturated carbocycles. The summed E-state index contributed by atoms with van der Waals surface area (Å²) in [5, 5.41) is 4.04. The van der Waals surface area contributed by atoms with Crippen LogP contribution in [0.15, 0.2) is 10.4 Å². The highest BCUT2D eigenvalue weighted by Crippen LogP contribution is 1.55. The largest absolute Gasteiger partial charge is 0.135 e. The molecule has 6 heavy (non-hydrogen) atoms. The third-order valence-electron chi connectivity index (χ3n) is 0.141. The van der Waals surface area contributed by atoms with Crippen LogP contribution in [0.25, 0.3) is 0 Å². The predicted molar refractivity (Wildman–Crippen MR) is 19.4 cm³/mol. The second-order valence-electron chi connectivity index (χ2n) is 0.406. The smallest absolute Gasteiger partial charge is 0.109 e. The Balaban J connectivity index is 3.39. The minimum absolute atomic E-state index is 1.54. The van der Waals surface area contributed by atoms with E-state index in [0.29, 0.717) is 0 Å². The van der Waals surface area contributed by atoms with Crippen molar-refractivity contribution in [2.45, 2.75) is 0 Å². The van der Waals surface area contributed by atoms with Crippen molar-refractivity contribution < 1.29 is 0 Å². The first-order chi connectivity index (χ1) is 2.91. The quantitative estimate of drug-likeness (QED) is 0.315. The van der Waals surface area contributed by atoms with E-state index in [-0.39, 0.29) is 0 Å². The summed E-state index contributed by atoms with van der Waals surface area (Å²) in [7, 11) is 0. The maximum atomic E-state index is 8.94. The van der Waals surface area contributed by atoms with Crippen molar-refractivity contribution in [3.63, 3.8) is 0 Å². The molecule has 0 N–H and O–H groups in total. The summed E-state index contributed by atoms with van der Waals surface area (Å²) in [6, 6.07) is 3.08. The molecular formula is C2N2O2. The molecule has 0 aromatic heterocycles. The predicted octanol–water partition coefficient (Wildman–Crippen LogP) is 0.438. The number of nitrogens with zero attached hydrogens (tertiary/aromatic N) is 2. The maximum Gasteiger partial charge on any atom is 0.109 e. The Morgan fingerprint density at radius 2 is 1.33 bits per heavy atom. The Labute approximate surface area is 33.5 Å². The van der Waals surface area contributed by atoms with E-state index >= 15 is 0 Å². The van der Waals surface area contributed by atoms with Gasteiger partial charge in [-0.3, -0.25) is 0 Å². The van der Waals surface area contributed by atoms with Crippen molar-refractivity contribution in [1.82, 2.24) is 0 Å². The van der Waals surface area contributed by atoms with E-state index < -0.39 is 0 Å². The van der Waals surface area contributed by atoms with Crippen LogP contribution in [0.1, 0.15) is 0 Å². The van der Waals surface area contributed by atoms with Crippen LogP contribution in [-0.4, -0.2) is 0 Å². The zero-order valence-corrected chi connectivity index (χ0v) is 2.71. The number of rotatable bonds is 0. The molecule has 0 aliphatic rings. The Bertz CT molecular complexity index is 96.5. The molecule has 0 atom stereocenters. The average Bonchev–Trinajstić information content (AvgIpc) is 1.61. The van der Waals surface area contributed by atoms with Crippen LogP contribution in [0.2, 0.25) is 0 Å². The van der Waals surface area contributed by atoms with E-state index in [9.17, 15) is 0 Å². The highest BCUT2D eigenvalue weighted by molar-refractivity contribution is 4.93. The van der Waals surface area contributed by atoms with Gasteiger partial charge in [0, 0.05) is 10.4 Å². The fraction of sp³-hybridized carbons (Fsp3) is 0. The molecule has 0 saturated heterocycles. The first-order valence-electron chi connectivity index (χ1n) is 1.06. The summed E-state index contributed by atoms with van der Waals surface area (Å²) in [5.41, 5.74) is 0. The lowest BCUT2D eigenvalue weighted by molar-refractivity contribution is 1.57. The number of nitroso groups, excluding NO2 is 2. The van der Waals surface area contributed by atoms with Crippen LogP contribution < -0.4 is 0 Å². The third-order valence-corrected chi connectivity index (χ3v) is 0.141. The molecule has 0 heterocycles. The summed E-state index contributed by atoms with van der Waals surface area (Å²) in [4.78, 5) is 17.9. The van der Waals surface area contributed by atoms with E-state index in [4.69, 9.17) is 9.81 Å². The molecule has 4 heteroatoms. The van der Waals surface area contributed by atoms with Crippen molar-refractivity contribution in [2.24, 2.45) is 10.4 Å². The van der Waals surface area contributed by atoms with Gasteiger partial charge < -0.3 is 0 Å². The second kappa shape index (κ2) is 3.76. The summed E-state index contributed by atoms with van der Waals surface area (Å²) in [5.74, 6) is 0. The fourth-order valence-electron chi connectivity index (χ4n) is 0.0408. The molecule has 0 aromatic rings. The zero-order chi connectivity index (χ0) is 4.83. The van der Waals surface area contributed by atoms with Gasteiger partial charge in [-0.2, -0.15) is 0 Å². The molecule has 0 radical (unpaired) electrons. The monoisotopic (exact) mass is 84.0 g/mol. The van der Waals surface area contributed by atoms with E-state index in [1.807, 2.05) is 10.4 Å². The Hall–Kier alpha value is -1.24. The molecule has 0 aromatic carbocycles. The van der Waals surface area contributed by atoms with Crippen LogP contribution in [0.4, 0.5) is 0 Å². The zero-order valence-electron chi connectivity index (χ0n) is 2.71. The SMILES string of the molecule is O=NC#CN=O. The average molecular weight is 84.0 g/mol. The van der Waals surface area contributed by atoms with Gasteiger partial charge in [0.05, 0.1) is 0 Å². The van der Waals surface area contributed by atoms with Crippen molar-refractivity contribution >= 4 is 0 Å². The van der Waals surface area contributed by atoms with Crippen LogP contribution in [-0.2, 0) is 0 Å². The fourth-order valence-corrected chi connectivity index (χ4v) is 0.0408. The minimum atomic E-state index is 1.54. The van der Waals surface area contributed by atoms with Gasteiger partial charge in [0.15, 0.2) is 0 Å². The van der Waals surface area contributed by atoms with Crippen LogP contribution >= 0.6 is 0 Å². The molecule has 0 fully saturated rings. The lowest BCUT2D eigenvalue weighted by Gasteiger charge is -1.42. The Morgan fingerprint density at radius 3 is 1.50 bits per heavy atom. The molecule has 0 aliphatic heterocycles. The van der Waals surface area contributed by atoms with E-state index in [0.717, 1.165) is 0 Å². The third kappa shape index (κ3) is 2.76. The summed E-state index contributed by atoms with van der Waals surface area (Å²) < 4.78 is 0. The first kappa shape index (κ1) is 4.76. The molecule has 0 unspecified atom stereocenters. The second-order valence-corrected chi connectivity index (χ2v) is 0.406. The van der Waals surface area contributed by atoms with Gasteiger partial charge in [0.2, 0.25) is 0 Å². The molecule has 0 spiro atoms. The van der Waals surface area contributed by atoms with Gasteiger partial charge in [-0.15, -0.1) is 9.81 Å². The van der Waals surface area contributed by atoms with Crippen molar-refractivity contribution in [3.05, 3.63) is 9.81 Å². The van der Waals surface area contributed by atoms with Crippen molar-refractivity contribution in [3.8, 4) is 12.1 Å². The van der Waals surface area contributed by atoms with Crippen molar-refractivity contribution in [2.75, 3.05) is 0 Å². The first-order valence-corrected chi connectivity index (χ1v) is 1.06. The molecule has 0 rings (SSSR count). The Kier molecular flexibility index (Phi) is 2.98. The van der Waals surface area contributed by atoms with Gasteiger partial charge in [0.25, 0.3) is 0 Å². The summed E-state index contributed by atoms with van der Waals surface area (Å²) >= 11 is 0.